The van der Waals surface area contributed by atoms with Gasteiger partial charge in [0.25, 0.3) is 10.3 Å². The first-order valence-electron chi connectivity index (χ1n) is 11.5. The van der Waals surface area contributed by atoms with Gasteiger partial charge in [-0.25, -0.2) is 14.1 Å². The average Bonchev–Trinajstić information content (AvgIpc) is 3.03. The van der Waals surface area contributed by atoms with Gasteiger partial charge in [0.2, 0.25) is 6.33 Å². The number of nitrogens with zero attached hydrogens (tertiary/aromatic N) is 3. The minimum atomic E-state index is 0.582. The highest BCUT2D eigenvalue weighted by Gasteiger charge is 2.20. The van der Waals surface area contributed by atoms with E-state index in [2.05, 4.69) is 29.7 Å². The molecule has 3 aromatic rings. The lowest BCUT2D eigenvalue weighted by molar-refractivity contribution is -0.686. The number of unbranched alkanes of at least 4 members (excludes halogenated alkanes) is 9. The van der Waals surface area contributed by atoms with E-state index in [1.807, 2.05) is 29.1 Å². The topological polar surface area (TPSA) is 21.7 Å². The molecule has 30 heavy (non-hydrogen) atoms. The van der Waals surface area contributed by atoms with E-state index in [4.69, 9.17) is 28.2 Å². The van der Waals surface area contributed by atoms with Gasteiger partial charge in [-0.3, -0.25) is 0 Å². The Hall–Kier alpha value is -1.58. The lowest BCUT2D eigenvalue weighted by Crippen LogP contribution is -2.33. The van der Waals surface area contributed by atoms with Crippen LogP contribution in [0.15, 0.2) is 42.7 Å². The Labute approximate surface area is 191 Å². The summed E-state index contributed by atoms with van der Waals surface area (Å²) in [4.78, 5) is 4.75. The van der Waals surface area contributed by atoms with Crippen LogP contribution in [0.2, 0.25) is 10.3 Å². The second-order valence-electron chi connectivity index (χ2n) is 8.20. The number of hydrogen-bond donors (Lipinski definition) is 0. The molecule has 0 saturated carbocycles. The number of benzene rings is 1. The molecular formula is C25H34Cl2N3+. The number of hydrogen-bond acceptors (Lipinski definition) is 1. The molecule has 0 bridgehead atoms. The number of aryl methyl sites for hydroxylation is 1. The Morgan fingerprint density at radius 2 is 1.50 bits per heavy atom. The van der Waals surface area contributed by atoms with Crippen molar-refractivity contribution in [3.05, 3.63) is 58.7 Å². The molecule has 162 valence electrons. The van der Waals surface area contributed by atoms with Crippen LogP contribution in [0.1, 0.15) is 76.8 Å². The van der Waals surface area contributed by atoms with E-state index in [9.17, 15) is 0 Å². The third-order valence-corrected chi connectivity index (χ3v) is 6.58. The maximum Gasteiger partial charge on any atom is 0.255 e. The molecular weight excluding hydrogens is 413 g/mol. The second kappa shape index (κ2) is 12.3. The van der Waals surface area contributed by atoms with Crippen molar-refractivity contribution in [3.63, 3.8) is 0 Å². The lowest BCUT2D eigenvalue weighted by atomic mass is 10.1. The molecule has 0 N–H and O–H groups in total. The van der Waals surface area contributed by atoms with Gasteiger partial charge in [0.1, 0.15) is 6.54 Å². The van der Waals surface area contributed by atoms with E-state index >= 15 is 0 Å². The average molecular weight is 447 g/mol. The first-order valence-corrected chi connectivity index (χ1v) is 12.2. The van der Waals surface area contributed by atoms with Crippen LogP contribution in [-0.2, 0) is 13.1 Å². The molecule has 0 fully saturated rings. The number of halogens is 2. The maximum absolute atomic E-state index is 6.50. The van der Waals surface area contributed by atoms with Gasteiger partial charge in [-0.05, 0) is 48.2 Å². The molecule has 3 rings (SSSR count). The molecule has 3 nitrogen and oxygen atoms in total. The van der Waals surface area contributed by atoms with Crippen molar-refractivity contribution in [1.29, 1.82) is 0 Å². The van der Waals surface area contributed by atoms with Crippen LogP contribution in [0.3, 0.4) is 0 Å². The quantitative estimate of drug-likeness (QED) is 0.195. The summed E-state index contributed by atoms with van der Waals surface area (Å²) in [6.07, 6.45) is 15.3. The zero-order valence-corrected chi connectivity index (χ0v) is 19.6. The normalized spacial score (nSPS) is 11.4. The number of fused-ring (bicyclic) bond motifs is 1. The van der Waals surface area contributed by atoms with Crippen LogP contribution in [0, 0.1) is 0 Å². The van der Waals surface area contributed by atoms with Gasteiger partial charge in [-0.15, -0.1) is 0 Å². The Morgan fingerprint density at radius 1 is 0.833 bits per heavy atom. The Kier molecular flexibility index (Phi) is 9.48. The molecule has 0 spiro atoms. The van der Waals surface area contributed by atoms with E-state index in [1.165, 1.54) is 57.8 Å². The maximum atomic E-state index is 6.50. The molecule has 0 aliphatic heterocycles. The predicted molar refractivity (Wildman–Crippen MR) is 127 cm³/mol. The third kappa shape index (κ3) is 6.72. The van der Waals surface area contributed by atoms with Crippen molar-refractivity contribution in [2.75, 3.05) is 0 Å². The van der Waals surface area contributed by atoms with Gasteiger partial charge in [0.05, 0.1) is 17.8 Å². The number of rotatable bonds is 13. The number of para-hydroxylation sites is 1. The number of aromatic nitrogens is 3. The van der Waals surface area contributed by atoms with Crippen molar-refractivity contribution >= 4 is 34.1 Å². The summed E-state index contributed by atoms with van der Waals surface area (Å²) in [5.41, 5.74) is 1.98. The van der Waals surface area contributed by atoms with Gasteiger partial charge in [0, 0.05) is 5.39 Å². The van der Waals surface area contributed by atoms with Crippen LogP contribution < -0.4 is 4.57 Å². The van der Waals surface area contributed by atoms with Gasteiger partial charge in [-0.2, -0.15) is 0 Å². The summed E-state index contributed by atoms with van der Waals surface area (Å²) in [5.74, 6) is 0. The standard InChI is InChI=1S/C25H34Cl2N3/c1-2-3-4-5-6-7-8-9-10-13-18-29-20-30(25(27)24(29)26)19-22-17-16-21-14-11-12-15-23(21)28-22/h11-12,14-17,20H,2-10,13,18-19H2,1H3/q+1. The first kappa shape index (κ1) is 23.1. The zero-order chi connectivity index (χ0) is 21.2. The SMILES string of the molecule is CCCCCCCCCCCCn1c[n+](Cc2ccc3ccccc3n2)c(Cl)c1Cl. The Balaban J connectivity index is 1.44. The van der Waals surface area contributed by atoms with Crippen LogP contribution >= 0.6 is 23.2 Å². The molecule has 0 unspecified atom stereocenters. The summed E-state index contributed by atoms with van der Waals surface area (Å²) in [7, 11) is 0. The minimum absolute atomic E-state index is 0.582. The Morgan fingerprint density at radius 3 is 2.23 bits per heavy atom. The fourth-order valence-corrected chi connectivity index (χ4v) is 4.36. The fourth-order valence-electron chi connectivity index (χ4n) is 3.91. The van der Waals surface area contributed by atoms with Crippen molar-refractivity contribution in [3.8, 4) is 0 Å². The highest BCUT2D eigenvalue weighted by atomic mass is 35.5. The monoisotopic (exact) mass is 446 g/mol. The molecule has 2 aromatic heterocycles. The van der Waals surface area contributed by atoms with Crippen molar-refractivity contribution in [2.45, 2.75) is 84.2 Å². The smallest absolute Gasteiger partial charge is 0.249 e. The largest absolute Gasteiger partial charge is 0.255 e. The van der Waals surface area contributed by atoms with Crippen molar-refractivity contribution < 1.29 is 4.57 Å². The highest BCUT2D eigenvalue weighted by Crippen LogP contribution is 2.20. The molecule has 0 saturated heterocycles. The van der Waals surface area contributed by atoms with Crippen LogP contribution in [0.4, 0.5) is 0 Å². The molecule has 1 aromatic carbocycles. The predicted octanol–water partition coefficient (Wildman–Crippen LogP) is 7.60. The van der Waals surface area contributed by atoms with Crippen LogP contribution in [0.5, 0.6) is 0 Å². The number of imidazole rings is 1. The summed E-state index contributed by atoms with van der Waals surface area (Å²) in [6.45, 7) is 3.80. The van der Waals surface area contributed by atoms with E-state index < -0.39 is 0 Å². The summed E-state index contributed by atoms with van der Waals surface area (Å²) in [5, 5.41) is 2.35. The minimum Gasteiger partial charge on any atom is -0.249 e. The van der Waals surface area contributed by atoms with Crippen LogP contribution in [0.25, 0.3) is 10.9 Å². The Bertz CT molecular complexity index is 920. The van der Waals surface area contributed by atoms with E-state index in [0.717, 1.165) is 29.6 Å². The molecule has 0 aliphatic rings. The van der Waals surface area contributed by atoms with Gasteiger partial charge < -0.3 is 0 Å². The molecule has 0 atom stereocenters. The lowest BCUT2D eigenvalue weighted by Gasteiger charge is -2.02. The molecule has 0 aliphatic carbocycles. The van der Waals surface area contributed by atoms with Crippen molar-refractivity contribution in [2.24, 2.45) is 0 Å². The zero-order valence-electron chi connectivity index (χ0n) is 18.1. The molecule has 0 amide bonds. The van der Waals surface area contributed by atoms with E-state index in [-0.39, 0.29) is 0 Å². The van der Waals surface area contributed by atoms with Gasteiger partial charge in [0.15, 0.2) is 0 Å². The second-order valence-corrected chi connectivity index (χ2v) is 8.91. The fraction of sp³-hybridized carbons (Fsp3) is 0.520. The van der Waals surface area contributed by atoms with E-state index in [0.29, 0.717) is 16.9 Å². The summed E-state index contributed by atoms with van der Waals surface area (Å²) in [6, 6.07) is 12.3. The molecule has 5 heteroatoms. The van der Waals surface area contributed by atoms with Gasteiger partial charge >= 0.3 is 0 Å². The third-order valence-electron chi connectivity index (χ3n) is 5.69. The number of pyridine rings is 1. The summed E-state index contributed by atoms with van der Waals surface area (Å²) >= 11 is 13.0. The van der Waals surface area contributed by atoms with Gasteiger partial charge in [-0.1, -0.05) is 82.6 Å². The highest BCUT2D eigenvalue weighted by molar-refractivity contribution is 6.39. The van der Waals surface area contributed by atoms with E-state index in [1.54, 1.807) is 0 Å². The summed E-state index contributed by atoms with van der Waals surface area (Å²) < 4.78 is 4.05. The van der Waals surface area contributed by atoms with Crippen molar-refractivity contribution in [1.82, 2.24) is 9.55 Å². The van der Waals surface area contributed by atoms with Crippen LogP contribution in [-0.4, -0.2) is 9.55 Å². The first-order chi connectivity index (χ1) is 14.7. The molecule has 0 radical (unpaired) electrons. The molecule has 2 heterocycles.